The van der Waals surface area contributed by atoms with Crippen LogP contribution in [-0.2, 0) is 17.8 Å². The highest BCUT2D eigenvalue weighted by Gasteiger charge is 2.24. The monoisotopic (exact) mass is 328 g/mol. The number of nitrogens with two attached hydrogens (primary N) is 1. The molecule has 6 nitrogen and oxygen atoms in total. The summed E-state index contributed by atoms with van der Waals surface area (Å²) in [6.07, 6.45) is 2.05. The molecule has 0 amide bonds. The Morgan fingerprint density at radius 3 is 2.58 bits per heavy atom. The van der Waals surface area contributed by atoms with Gasteiger partial charge in [-0.05, 0) is 38.8 Å². The molecule has 24 heavy (non-hydrogen) atoms. The van der Waals surface area contributed by atoms with Gasteiger partial charge in [0.05, 0.1) is 12.1 Å². The number of carbonyl (C=O) groups excluding carboxylic acids is 1. The first-order valence-corrected chi connectivity index (χ1v) is 7.93. The smallest absolute Gasteiger partial charge is 0.200 e. The van der Waals surface area contributed by atoms with Crippen LogP contribution in [0.4, 0.5) is 0 Å². The van der Waals surface area contributed by atoms with Gasteiger partial charge in [-0.15, -0.1) is 0 Å². The van der Waals surface area contributed by atoms with E-state index in [1.165, 1.54) is 0 Å². The SMILES string of the molecule is CC(C)(C)ONC(Cc1ccccc1)C(=O)c1ccnc(CN)n1. The summed E-state index contributed by atoms with van der Waals surface area (Å²) in [6.45, 7) is 5.94. The Kier molecular flexibility index (Phi) is 6.14. The van der Waals surface area contributed by atoms with Crippen LogP contribution in [0.3, 0.4) is 0 Å². The van der Waals surface area contributed by atoms with E-state index >= 15 is 0 Å². The number of hydrogen-bond donors (Lipinski definition) is 2. The minimum atomic E-state index is -0.549. The van der Waals surface area contributed by atoms with E-state index in [9.17, 15) is 4.79 Å². The average molecular weight is 328 g/mol. The Bertz CT molecular complexity index is 668. The summed E-state index contributed by atoms with van der Waals surface area (Å²) in [6, 6.07) is 10.8. The van der Waals surface area contributed by atoms with Crippen LogP contribution >= 0.6 is 0 Å². The lowest BCUT2D eigenvalue weighted by Crippen LogP contribution is -2.43. The largest absolute Gasteiger partial charge is 0.324 e. The predicted octanol–water partition coefficient (Wildman–Crippen LogP) is 2.05. The summed E-state index contributed by atoms with van der Waals surface area (Å²) < 4.78 is 0. The number of hydrogen-bond acceptors (Lipinski definition) is 6. The van der Waals surface area contributed by atoms with E-state index in [1.54, 1.807) is 12.3 Å². The van der Waals surface area contributed by atoms with E-state index < -0.39 is 11.6 Å². The number of benzene rings is 1. The lowest BCUT2D eigenvalue weighted by molar-refractivity contribution is -0.0829. The Hall–Kier alpha value is -2.15. The summed E-state index contributed by atoms with van der Waals surface area (Å²) in [5.41, 5.74) is 9.41. The molecule has 6 heteroatoms. The molecule has 1 aromatic carbocycles. The molecule has 2 aromatic rings. The molecule has 1 unspecified atom stereocenters. The first-order valence-electron chi connectivity index (χ1n) is 7.93. The number of Topliss-reactive ketones (excluding diaryl/α,β-unsaturated/α-hetero) is 1. The fraction of sp³-hybridized carbons (Fsp3) is 0.389. The Morgan fingerprint density at radius 2 is 1.96 bits per heavy atom. The van der Waals surface area contributed by atoms with E-state index in [0.717, 1.165) is 5.56 Å². The number of aromatic nitrogens is 2. The molecule has 1 atom stereocenters. The molecule has 0 aliphatic heterocycles. The van der Waals surface area contributed by atoms with Gasteiger partial charge in [0.2, 0.25) is 5.78 Å². The van der Waals surface area contributed by atoms with E-state index in [4.69, 9.17) is 10.6 Å². The fourth-order valence-corrected chi connectivity index (χ4v) is 2.10. The highest BCUT2D eigenvalue weighted by Crippen LogP contribution is 2.11. The van der Waals surface area contributed by atoms with Gasteiger partial charge >= 0.3 is 0 Å². The summed E-state index contributed by atoms with van der Waals surface area (Å²) in [7, 11) is 0. The highest BCUT2D eigenvalue weighted by atomic mass is 16.7. The number of carbonyl (C=O) groups is 1. The molecular formula is C18H24N4O2. The third-order valence-corrected chi connectivity index (χ3v) is 3.25. The van der Waals surface area contributed by atoms with E-state index in [0.29, 0.717) is 17.9 Å². The van der Waals surface area contributed by atoms with Gasteiger partial charge in [0.25, 0.3) is 0 Å². The van der Waals surface area contributed by atoms with Crippen molar-refractivity contribution in [2.75, 3.05) is 0 Å². The van der Waals surface area contributed by atoms with Crippen molar-refractivity contribution in [1.29, 1.82) is 0 Å². The summed E-state index contributed by atoms with van der Waals surface area (Å²) >= 11 is 0. The van der Waals surface area contributed by atoms with E-state index in [1.807, 2.05) is 51.1 Å². The van der Waals surface area contributed by atoms with E-state index in [-0.39, 0.29) is 12.3 Å². The van der Waals surface area contributed by atoms with Gasteiger partial charge < -0.3 is 5.73 Å². The third-order valence-electron chi connectivity index (χ3n) is 3.25. The molecule has 1 aromatic heterocycles. The Morgan fingerprint density at radius 1 is 1.25 bits per heavy atom. The summed E-state index contributed by atoms with van der Waals surface area (Å²) in [4.78, 5) is 26.7. The van der Waals surface area contributed by atoms with Crippen molar-refractivity contribution in [2.45, 2.75) is 45.4 Å². The van der Waals surface area contributed by atoms with Crippen LogP contribution < -0.4 is 11.2 Å². The molecular weight excluding hydrogens is 304 g/mol. The van der Waals surface area contributed by atoms with Crippen LogP contribution in [0.2, 0.25) is 0 Å². The number of rotatable bonds is 7. The minimum Gasteiger partial charge on any atom is -0.324 e. The molecule has 0 saturated carbocycles. The third kappa shape index (κ3) is 5.49. The number of nitrogens with one attached hydrogen (secondary N) is 1. The number of hydroxylamine groups is 1. The molecule has 1 heterocycles. The second-order valence-corrected chi connectivity index (χ2v) is 6.50. The van der Waals surface area contributed by atoms with Gasteiger partial charge in [-0.3, -0.25) is 9.63 Å². The molecule has 0 aliphatic carbocycles. The van der Waals surface area contributed by atoms with Gasteiger partial charge in [0.15, 0.2) is 0 Å². The van der Waals surface area contributed by atoms with Crippen molar-refractivity contribution < 1.29 is 9.63 Å². The maximum Gasteiger partial charge on any atom is 0.200 e. The Balaban J connectivity index is 2.21. The maximum absolute atomic E-state index is 12.9. The lowest BCUT2D eigenvalue weighted by Gasteiger charge is -2.24. The van der Waals surface area contributed by atoms with Gasteiger partial charge in [-0.2, -0.15) is 5.48 Å². The van der Waals surface area contributed by atoms with Crippen LogP contribution in [0.15, 0.2) is 42.6 Å². The first-order chi connectivity index (χ1) is 11.4. The van der Waals surface area contributed by atoms with Crippen LogP contribution in [0, 0.1) is 0 Å². The van der Waals surface area contributed by atoms with Crippen LogP contribution in [0.1, 0.15) is 42.6 Å². The molecule has 3 N–H and O–H groups in total. The van der Waals surface area contributed by atoms with Crippen LogP contribution in [0.5, 0.6) is 0 Å². The first kappa shape index (κ1) is 18.2. The molecule has 128 valence electrons. The second-order valence-electron chi connectivity index (χ2n) is 6.50. The standard InChI is InChI=1S/C18H24N4O2/c1-18(2,3)24-22-15(11-13-7-5-4-6-8-13)17(23)14-9-10-20-16(12-19)21-14/h4-10,15,22H,11-12,19H2,1-3H3. The number of nitrogens with zero attached hydrogens (tertiary/aromatic N) is 2. The predicted molar refractivity (Wildman–Crippen MR) is 92.2 cm³/mol. The lowest BCUT2D eigenvalue weighted by atomic mass is 10.0. The maximum atomic E-state index is 12.9. The zero-order chi connectivity index (χ0) is 17.6. The topological polar surface area (TPSA) is 90.1 Å². The van der Waals surface area contributed by atoms with Crippen LogP contribution in [0.25, 0.3) is 0 Å². The quantitative estimate of drug-likeness (QED) is 0.597. The molecule has 0 spiro atoms. The molecule has 0 saturated heterocycles. The van der Waals surface area contributed by atoms with Gasteiger partial charge in [-0.25, -0.2) is 9.97 Å². The minimum absolute atomic E-state index is 0.153. The van der Waals surface area contributed by atoms with Crippen molar-refractivity contribution in [2.24, 2.45) is 5.73 Å². The van der Waals surface area contributed by atoms with Gasteiger partial charge in [0.1, 0.15) is 17.6 Å². The van der Waals surface area contributed by atoms with Gasteiger partial charge in [0, 0.05) is 6.20 Å². The summed E-state index contributed by atoms with van der Waals surface area (Å²) in [5.74, 6) is 0.288. The van der Waals surface area contributed by atoms with Crippen LogP contribution in [-0.4, -0.2) is 27.4 Å². The van der Waals surface area contributed by atoms with Crippen molar-refractivity contribution in [1.82, 2.24) is 15.4 Å². The zero-order valence-corrected chi connectivity index (χ0v) is 14.3. The highest BCUT2D eigenvalue weighted by molar-refractivity contribution is 5.98. The Labute approximate surface area is 142 Å². The van der Waals surface area contributed by atoms with Crippen molar-refractivity contribution in [3.8, 4) is 0 Å². The fourth-order valence-electron chi connectivity index (χ4n) is 2.10. The molecule has 0 radical (unpaired) electrons. The molecule has 2 rings (SSSR count). The zero-order valence-electron chi connectivity index (χ0n) is 14.3. The average Bonchev–Trinajstić information content (AvgIpc) is 2.58. The van der Waals surface area contributed by atoms with E-state index in [2.05, 4.69) is 15.4 Å². The van der Waals surface area contributed by atoms with Crippen molar-refractivity contribution in [3.63, 3.8) is 0 Å². The molecule has 0 aliphatic rings. The number of ketones is 1. The van der Waals surface area contributed by atoms with Crippen molar-refractivity contribution >= 4 is 5.78 Å². The normalized spacial score (nSPS) is 12.8. The second kappa shape index (κ2) is 8.10. The molecule has 0 bridgehead atoms. The van der Waals surface area contributed by atoms with Crippen molar-refractivity contribution in [3.05, 3.63) is 59.7 Å². The molecule has 0 fully saturated rings. The summed E-state index contributed by atoms with van der Waals surface area (Å²) in [5, 5.41) is 0. The van der Waals surface area contributed by atoms with Gasteiger partial charge in [-0.1, -0.05) is 30.3 Å².